The van der Waals surface area contributed by atoms with Gasteiger partial charge in [-0.05, 0) is 55.9 Å². The van der Waals surface area contributed by atoms with Gasteiger partial charge in [0.15, 0.2) is 5.78 Å². The van der Waals surface area contributed by atoms with Crippen molar-refractivity contribution in [2.45, 2.75) is 58.0 Å². The van der Waals surface area contributed by atoms with E-state index in [1.54, 1.807) is 12.1 Å². The summed E-state index contributed by atoms with van der Waals surface area (Å²) < 4.78 is 5.71. The SMILES string of the molecule is CC[C@H](C)OC(=O)C1C(C)=NC2=C(C(=O)C[C@H](c3ccccc3)C2)[C@H]1c1ccc(Cl)c(Cl)c1. The quantitative estimate of drug-likeness (QED) is 0.434. The fourth-order valence-electron chi connectivity index (χ4n) is 4.75. The van der Waals surface area contributed by atoms with E-state index in [1.807, 2.05) is 57.2 Å². The number of nitrogens with zero attached hydrogens (tertiary/aromatic N) is 1. The van der Waals surface area contributed by atoms with E-state index in [4.69, 9.17) is 32.9 Å². The summed E-state index contributed by atoms with van der Waals surface area (Å²) in [6, 6.07) is 15.3. The zero-order valence-corrected chi connectivity index (χ0v) is 20.5. The first-order chi connectivity index (χ1) is 15.8. The van der Waals surface area contributed by atoms with Crippen LogP contribution in [0.3, 0.4) is 0 Å². The van der Waals surface area contributed by atoms with Gasteiger partial charge in [-0.1, -0.05) is 66.5 Å². The summed E-state index contributed by atoms with van der Waals surface area (Å²) >= 11 is 12.5. The Morgan fingerprint density at radius 3 is 2.48 bits per heavy atom. The highest BCUT2D eigenvalue weighted by Crippen LogP contribution is 2.47. The van der Waals surface area contributed by atoms with Crippen LogP contribution >= 0.6 is 23.2 Å². The van der Waals surface area contributed by atoms with Gasteiger partial charge in [-0.3, -0.25) is 14.6 Å². The van der Waals surface area contributed by atoms with E-state index >= 15 is 0 Å². The fraction of sp³-hybridized carbons (Fsp3) is 0.370. The number of Topliss-reactive ketones (excluding diaryl/α,β-unsaturated/α-hetero) is 1. The van der Waals surface area contributed by atoms with Crippen molar-refractivity contribution in [2.75, 3.05) is 0 Å². The molecular weight excluding hydrogens is 457 g/mol. The Labute approximate surface area is 204 Å². The van der Waals surface area contributed by atoms with E-state index in [2.05, 4.69) is 0 Å². The van der Waals surface area contributed by atoms with Gasteiger partial charge in [0.25, 0.3) is 0 Å². The summed E-state index contributed by atoms with van der Waals surface area (Å²) in [5, 5.41) is 0.810. The summed E-state index contributed by atoms with van der Waals surface area (Å²) in [5.41, 5.74) is 3.89. The smallest absolute Gasteiger partial charge is 0.315 e. The summed E-state index contributed by atoms with van der Waals surface area (Å²) in [6.07, 6.45) is 1.51. The van der Waals surface area contributed by atoms with E-state index in [0.29, 0.717) is 40.6 Å². The molecule has 4 atom stereocenters. The van der Waals surface area contributed by atoms with Gasteiger partial charge in [-0.15, -0.1) is 0 Å². The zero-order chi connectivity index (χ0) is 23.7. The molecule has 0 bridgehead atoms. The number of carbonyl (C=O) groups excluding carboxylic acids is 2. The maximum absolute atomic E-state index is 13.6. The molecule has 172 valence electrons. The Morgan fingerprint density at radius 2 is 1.82 bits per heavy atom. The van der Waals surface area contributed by atoms with Crippen molar-refractivity contribution in [3.05, 3.63) is 81.0 Å². The molecule has 0 spiro atoms. The largest absolute Gasteiger partial charge is 0.462 e. The molecule has 0 amide bonds. The van der Waals surface area contributed by atoms with E-state index in [0.717, 1.165) is 16.8 Å². The standard InChI is InChI=1S/C27H27Cl2NO3/c1-4-15(2)33-27(32)24-16(3)30-22-13-19(17-8-6-5-7-9-17)14-23(31)26(22)25(24)18-10-11-20(28)21(29)12-18/h5-12,15,19,24-25H,4,13-14H2,1-3H3/t15-,19+,24?,25-/m0/s1. The molecule has 1 heterocycles. The topological polar surface area (TPSA) is 55.7 Å². The Hall–Kier alpha value is -2.43. The van der Waals surface area contributed by atoms with Gasteiger partial charge in [-0.25, -0.2) is 0 Å². The van der Waals surface area contributed by atoms with Crippen LogP contribution in [0.5, 0.6) is 0 Å². The van der Waals surface area contributed by atoms with Gasteiger partial charge >= 0.3 is 5.97 Å². The Kier molecular flexibility index (Phi) is 7.06. The molecule has 0 saturated heterocycles. The molecule has 2 aliphatic rings. The van der Waals surface area contributed by atoms with Crippen LogP contribution in [-0.4, -0.2) is 23.6 Å². The number of halogens is 2. The molecule has 0 radical (unpaired) electrons. The summed E-state index contributed by atoms with van der Waals surface area (Å²) in [7, 11) is 0. The first-order valence-corrected chi connectivity index (χ1v) is 12.1. The second kappa shape index (κ2) is 9.82. The van der Waals surface area contributed by atoms with Crippen LogP contribution in [0.15, 0.2) is 64.8 Å². The van der Waals surface area contributed by atoms with Gasteiger partial charge in [0.05, 0.1) is 16.1 Å². The third-order valence-corrected chi connectivity index (χ3v) is 7.35. The molecule has 6 heteroatoms. The van der Waals surface area contributed by atoms with Crippen molar-refractivity contribution in [1.82, 2.24) is 0 Å². The molecule has 0 aromatic heterocycles. The second-order valence-corrected chi connectivity index (χ2v) is 9.65. The minimum absolute atomic E-state index is 0.0127. The Bertz CT molecular complexity index is 1140. The predicted octanol–water partition coefficient (Wildman–Crippen LogP) is 6.91. The second-order valence-electron chi connectivity index (χ2n) is 8.84. The number of allylic oxidation sites excluding steroid dienone is 2. The summed E-state index contributed by atoms with van der Waals surface area (Å²) in [5.74, 6) is -1.49. The van der Waals surface area contributed by atoms with E-state index < -0.39 is 11.8 Å². The van der Waals surface area contributed by atoms with E-state index in [-0.39, 0.29) is 23.8 Å². The van der Waals surface area contributed by atoms with Gasteiger partial charge in [0, 0.05) is 29.3 Å². The van der Waals surface area contributed by atoms with Crippen molar-refractivity contribution in [2.24, 2.45) is 10.9 Å². The number of hydrogen-bond acceptors (Lipinski definition) is 4. The Balaban J connectivity index is 1.80. The molecule has 33 heavy (non-hydrogen) atoms. The number of rotatable bonds is 5. The lowest BCUT2D eigenvalue weighted by atomic mass is 9.69. The van der Waals surface area contributed by atoms with Crippen molar-refractivity contribution >= 4 is 40.7 Å². The normalized spacial score (nSPS) is 23.6. The third kappa shape index (κ3) is 4.78. The first kappa shape index (κ1) is 23.7. The van der Waals surface area contributed by atoms with Crippen LogP contribution in [0.25, 0.3) is 0 Å². The molecule has 1 unspecified atom stereocenters. The van der Waals surface area contributed by atoms with Crippen molar-refractivity contribution in [1.29, 1.82) is 0 Å². The number of carbonyl (C=O) groups is 2. The summed E-state index contributed by atoms with van der Waals surface area (Å²) in [4.78, 5) is 31.6. The van der Waals surface area contributed by atoms with Crippen molar-refractivity contribution in [3.63, 3.8) is 0 Å². The van der Waals surface area contributed by atoms with Crippen LogP contribution in [0.2, 0.25) is 10.0 Å². The molecule has 0 N–H and O–H groups in total. The molecule has 4 nitrogen and oxygen atoms in total. The average Bonchev–Trinajstić information content (AvgIpc) is 2.80. The molecule has 4 rings (SSSR count). The molecule has 0 fully saturated rings. The minimum atomic E-state index is -0.688. The van der Waals surface area contributed by atoms with Crippen LogP contribution in [0.1, 0.15) is 63.0 Å². The highest BCUT2D eigenvalue weighted by molar-refractivity contribution is 6.42. The fourth-order valence-corrected chi connectivity index (χ4v) is 5.05. The molecular formula is C27H27Cl2NO3. The van der Waals surface area contributed by atoms with Gasteiger partial charge in [-0.2, -0.15) is 0 Å². The lowest BCUT2D eigenvalue weighted by Gasteiger charge is -2.37. The number of benzene rings is 2. The third-order valence-electron chi connectivity index (χ3n) is 6.61. The average molecular weight is 484 g/mol. The maximum Gasteiger partial charge on any atom is 0.315 e. The van der Waals surface area contributed by atoms with Crippen molar-refractivity contribution < 1.29 is 14.3 Å². The van der Waals surface area contributed by atoms with Crippen LogP contribution in [-0.2, 0) is 14.3 Å². The number of ketones is 1. The van der Waals surface area contributed by atoms with E-state index in [1.165, 1.54) is 0 Å². The van der Waals surface area contributed by atoms with Crippen LogP contribution in [0.4, 0.5) is 0 Å². The number of hydrogen-bond donors (Lipinski definition) is 0. The highest BCUT2D eigenvalue weighted by Gasteiger charge is 2.45. The van der Waals surface area contributed by atoms with Crippen LogP contribution in [0, 0.1) is 5.92 Å². The number of esters is 1. The Morgan fingerprint density at radius 1 is 1.09 bits per heavy atom. The molecule has 0 saturated carbocycles. The molecule has 1 aliphatic carbocycles. The molecule has 2 aromatic rings. The van der Waals surface area contributed by atoms with Crippen LogP contribution < -0.4 is 0 Å². The number of ether oxygens (including phenoxy) is 1. The molecule has 1 aliphatic heterocycles. The van der Waals surface area contributed by atoms with Gasteiger partial charge in [0.1, 0.15) is 5.92 Å². The number of aliphatic imine (C=N–C) groups is 1. The summed E-state index contributed by atoms with van der Waals surface area (Å²) in [6.45, 7) is 5.67. The van der Waals surface area contributed by atoms with Crippen molar-refractivity contribution in [3.8, 4) is 0 Å². The van der Waals surface area contributed by atoms with Gasteiger partial charge in [0.2, 0.25) is 0 Å². The maximum atomic E-state index is 13.6. The minimum Gasteiger partial charge on any atom is -0.462 e. The lowest BCUT2D eigenvalue weighted by Crippen LogP contribution is -2.39. The first-order valence-electron chi connectivity index (χ1n) is 11.3. The van der Waals surface area contributed by atoms with Gasteiger partial charge < -0.3 is 4.74 Å². The lowest BCUT2D eigenvalue weighted by molar-refractivity contribution is -0.151. The predicted molar refractivity (Wildman–Crippen MR) is 132 cm³/mol. The highest BCUT2D eigenvalue weighted by atomic mass is 35.5. The zero-order valence-electron chi connectivity index (χ0n) is 19.0. The monoisotopic (exact) mass is 483 g/mol. The van der Waals surface area contributed by atoms with E-state index in [9.17, 15) is 9.59 Å². The molecule has 2 aromatic carbocycles.